The molecule has 2 N–H and O–H groups in total. The van der Waals surface area contributed by atoms with Crippen molar-refractivity contribution in [3.8, 4) is 0 Å². The summed E-state index contributed by atoms with van der Waals surface area (Å²) in [4.78, 5) is 15.1. The van der Waals surface area contributed by atoms with Gasteiger partial charge in [-0.2, -0.15) is 0 Å². The first-order chi connectivity index (χ1) is 9.65. The van der Waals surface area contributed by atoms with Crippen LogP contribution >= 0.6 is 0 Å². The second-order valence-corrected chi connectivity index (χ2v) is 4.58. The molecule has 3 rings (SSSR count). The lowest BCUT2D eigenvalue weighted by Crippen LogP contribution is -2.23. The maximum absolute atomic E-state index is 13.2. The van der Waals surface area contributed by atoms with E-state index in [0.29, 0.717) is 23.5 Å². The maximum atomic E-state index is 13.2. The van der Waals surface area contributed by atoms with Gasteiger partial charge in [0.15, 0.2) is 0 Å². The topological polar surface area (TPSA) is 58.0 Å². The predicted molar refractivity (Wildman–Crippen MR) is 72.9 cm³/mol. The quantitative estimate of drug-likeness (QED) is 0.769. The van der Waals surface area contributed by atoms with Crippen LogP contribution < -0.4 is 5.32 Å². The van der Waals surface area contributed by atoms with Crippen LogP contribution in [0.5, 0.6) is 0 Å². The van der Waals surface area contributed by atoms with E-state index in [1.54, 1.807) is 24.5 Å². The first kappa shape index (κ1) is 12.5. The molecule has 0 saturated carbocycles. The van der Waals surface area contributed by atoms with E-state index in [4.69, 9.17) is 4.42 Å². The van der Waals surface area contributed by atoms with E-state index in [-0.39, 0.29) is 11.7 Å². The van der Waals surface area contributed by atoms with E-state index in [2.05, 4.69) is 10.3 Å². The molecule has 2 aromatic heterocycles. The van der Waals surface area contributed by atoms with E-state index in [1.807, 2.05) is 6.92 Å². The number of carbonyl (C=O) groups excluding carboxylic acids is 1. The van der Waals surface area contributed by atoms with Crippen molar-refractivity contribution in [3.63, 3.8) is 0 Å². The van der Waals surface area contributed by atoms with Gasteiger partial charge in [0, 0.05) is 10.9 Å². The summed E-state index contributed by atoms with van der Waals surface area (Å²) in [5, 5.41) is 3.60. The fraction of sp³-hybridized carbons (Fsp3) is 0.133. The van der Waals surface area contributed by atoms with Crippen LogP contribution in [0.2, 0.25) is 0 Å². The Morgan fingerprint density at radius 2 is 2.25 bits per heavy atom. The first-order valence-electron chi connectivity index (χ1n) is 6.23. The molecule has 0 aliphatic rings. The Kier molecular flexibility index (Phi) is 3.02. The molecule has 3 aromatic rings. The van der Waals surface area contributed by atoms with Crippen molar-refractivity contribution in [2.45, 2.75) is 13.5 Å². The number of aryl methyl sites for hydroxylation is 1. The Morgan fingerprint density at radius 1 is 1.40 bits per heavy atom. The van der Waals surface area contributed by atoms with Gasteiger partial charge in [-0.1, -0.05) is 0 Å². The summed E-state index contributed by atoms with van der Waals surface area (Å²) >= 11 is 0. The summed E-state index contributed by atoms with van der Waals surface area (Å²) < 4.78 is 18.3. The van der Waals surface area contributed by atoms with Crippen molar-refractivity contribution in [1.82, 2.24) is 10.3 Å². The summed E-state index contributed by atoms with van der Waals surface area (Å²) in [5.41, 5.74) is 1.86. The maximum Gasteiger partial charge on any atom is 0.268 e. The van der Waals surface area contributed by atoms with Crippen molar-refractivity contribution >= 4 is 16.8 Å². The third-order valence-electron chi connectivity index (χ3n) is 3.25. The average Bonchev–Trinajstić information content (AvgIpc) is 3.04. The lowest BCUT2D eigenvalue weighted by Gasteiger charge is -2.02. The van der Waals surface area contributed by atoms with Crippen LogP contribution in [0.25, 0.3) is 10.9 Å². The zero-order chi connectivity index (χ0) is 14.1. The molecule has 4 nitrogen and oxygen atoms in total. The minimum Gasteiger partial charge on any atom is -0.467 e. The second-order valence-electron chi connectivity index (χ2n) is 4.58. The number of amides is 1. The summed E-state index contributed by atoms with van der Waals surface area (Å²) in [7, 11) is 0. The number of hydrogen-bond donors (Lipinski definition) is 2. The van der Waals surface area contributed by atoms with E-state index >= 15 is 0 Å². The molecule has 20 heavy (non-hydrogen) atoms. The van der Waals surface area contributed by atoms with Crippen LogP contribution in [0, 0.1) is 12.7 Å². The number of H-pyrrole nitrogens is 1. The summed E-state index contributed by atoms with van der Waals surface area (Å²) in [6.07, 6.45) is 1.55. The molecule has 0 aliphatic carbocycles. The third kappa shape index (κ3) is 2.18. The molecule has 0 bridgehead atoms. The minimum atomic E-state index is -0.332. The number of carbonyl (C=O) groups is 1. The zero-order valence-electron chi connectivity index (χ0n) is 10.9. The van der Waals surface area contributed by atoms with Crippen LogP contribution in [0.4, 0.5) is 4.39 Å². The zero-order valence-corrected chi connectivity index (χ0v) is 10.9. The van der Waals surface area contributed by atoms with Gasteiger partial charge in [-0.15, -0.1) is 0 Å². The van der Waals surface area contributed by atoms with Crippen molar-refractivity contribution in [3.05, 3.63) is 59.4 Å². The van der Waals surface area contributed by atoms with Crippen LogP contribution in [0.1, 0.15) is 21.8 Å². The Morgan fingerprint density at radius 3 is 3.00 bits per heavy atom. The summed E-state index contributed by atoms with van der Waals surface area (Å²) in [5.74, 6) is 0.106. The normalized spacial score (nSPS) is 10.9. The number of rotatable bonds is 3. The summed E-state index contributed by atoms with van der Waals surface area (Å²) in [6.45, 7) is 2.15. The van der Waals surface area contributed by atoms with Gasteiger partial charge in [0.25, 0.3) is 5.91 Å². The molecule has 1 aromatic carbocycles. The van der Waals surface area contributed by atoms with Gasteiger partial charge in [-0.3, -0.25) is 4.79 Å². The standard InChI is InChI=1S/C15H13FN2O2/c1-9-12-5-4-10(16)7-13(12)18-14(9)15(19)17-8-11-3-2-6-20-11/h2-7,18H,8H2,1H3,(H,17,19). The van der Waals surface area contributed by atoms with Crippen molar-refractivity contribution < 1.29 is 13.6 Å². The number of aromatic amines is 1. The lowest BCUT2D eigenvalue weighted by molar-refractivity contribution is 0.0943. The van der Waals surface area contributed by atoms with E-state index in [0.717, 1.165) is 10.9 Å². The van der Waals surface area contributed by atoms with Crippen molar-refractivity contribution in [2.75, 3.05) is 0 Å². The summed E-state index contributed by atoms with van der Waals surface area (Å²) in [6, 6.07) is 7.98. The average molecular weight is 272 g/mol. The number of hydrogen-bond acceptors (Lipinski definition) is 2. The molecular weight excluding hydrogens is 259 g/mol. The number of furan rings is 1. The van der Waals surface area contributed by atoms with Crippen LogP contribution in [0.3, 0.4) is 0 Å². The lowest BCUT2D eigenvalue weighted by atomic mass is 10.1. The first-order valence-corrected chi connectivity index (χ1v) is 6.23. The van der Waals surface area contributed by atoms with Crippen LogP contribution in [-0.4, -0.2) is 10.9 Å². The Bertz CT molecular complexity index is 760. The molecule has 2 heterocycles. The molecule has 0 atom stereocenters. The smallest absolute Gasteiger partial charge is 0.268 e. The van der Waals surface area contributed by atoms with Crippen molar-refractivity contribution in [1.29, 1.82) is 0 Å². The van der Waals surface area contributed by atoms with Crippen LogP contribution in [0.15, 0.2) is 41.0 Å². The Balaban J connectivity index is 1.85. The molecule has 0 unspecified atom stereocenters. The highest BCUT2D eigenvalue weighted by molar-refractivity contribution is 6.00. The number of nitrogens with one attached hydrogen (secondary N) is 2. The molecule has 0 radical (unpaired) electrons. The highest BCUT2D eigenvalue weighted by Crippen LogP contribution is 2.22. The molecule has 1 amide bonds. The molecule has 0 saturated heterocycles. The number of fused-ring (bicyclic) bond motifs is 1. The van der Waals surface area contributed by atoms with E-state index < -0.39 is 0 Å². The van der Waals surface area contributed by atoms with Gasteiger partial charge >= 0.3 is 0 Å². The van der Waals surface area contributed by atoms with Gasteiger partial charge in [-0.25, -0.2) is 4.39 Å². The third-order valence-corrected chi connectivity index (χ3v) is 3.25. The highest BCUT2D eigenvalue weighted by Gasteiger charge is 2.15. The molecule has 0 fully saturated rings. The number of aromatic nitrogens is 1. The van der Waals surface area contributed by atoms with Crippen molar-refractivity contribution in [2.24, 2.45) is 0 Å². The highest BCUT2D eigenvalue weighted by atomic mass is 19.1. The second kappa shape index (κ2) is 4.85. The predicted octanol–water partition coefficient (Wildman–Crippen LogP) is 3.14. The monoisotopic (exact) mass is 272 g/mol. The van der Waals surface area contributed by atoms with E-state index in [9.17, 15) is 9.18 Å². The Hall–Kier alpha value is -2.56. The van der Waals surface area contributed by atoms with Gasteiger partial charge in [-0.05, 0) is 42.8 Å². The fourth-order valence-corrected chi connectivity index (χ4v) is 2.21. The molecule has 0 spiro atoms. The molecule has 0 aliphatic heterocycles. The fourth-order valence-electron chi connectivity index (χ4n) is 2.21. The minimum absolute atomic E-state index is 0.240. The van der Waals surface area contributed by atoms with Gasteiger partial charge in [0.1, 0.15) is 17.3 Å². The Labute approximate surface area is 114 Å². The molecule has 102 valence electrons. The number of halogens is 1. The SMILES string of the molecule is Cc1c(C(=O)NCc2ccco2)[nH]c2cc(F)ccc12. The largest absolute Gasteiger partial charge is 0.467 e. The van der Waals surface area contributed by atoms with E-state index in [1.165, 1.54) is 12.1 Å². The van der Waals surface area contributed by atoms with Crippen LogP contribution in [-0.2, 0) is 6.54 Å². The molecular formula is C15H13FN2O2. The number of benzene rings is 1. The molecule has 5 heteroatoms. The van der Waals surface area contributed by atoms with Gasteiger partial charge < -0.3 is 14.7 Å². The van der Waals surface area contributed by atoms with Gasteiger partial charge in [0.05, 0.1) is 12.8 Å². The van der Waals surface area contributed by atoms with Gasteiger partial charge in [0.2, 0.25) is 0 Å².